The van der Waals surface area contributed by atoms with Gasteiger partial charge in [0.15, 0.2) is 5.60 Å². The van der Waals surface area contributed by atoms with Crippen LogP contribution in [0.2, 0.25) is 5.02 Å². The smallest absolute Gasteiger partial charge is 0.328 e. The van der Waals surface area contributed by atoms with E-state index in [-0.39, 0.29) is 5.91 Å². The number of rotatable bonds is 24. The molecule has 0 spiro atoms. The first-order valence-corrected chi connectivity index (χ1v) is 17.1. The fraction of sp³-hybridized carbons (Fsp3) is 0.462. The van der Waals surface area contributed by atoms with Crippen LogP contribution in [0.4, 0.5) is 0 Å². The number of ether oxygens (including phenoxy) is 2. The first-order valence-electron chi connectivity index (χ1n) is 16.7. The molecule has 1 unspecified atom stereocenters. The monoisotopic (exact) mass is 666 g/mol. The van der Waals surface area contributed by atoms with Crippen LogP contribution in [0.3, 0.4) is 0 Å². The van der Waals surface area contributed by atoms with Crippen LogP contribution in [0.5, 0.6) is 5.75 Å². The molecule has 1 rings (SSSR count). The third-order valence-electron chi connectivity index (χ3n) is 6.90. The lowest BCUT2D eigenvalue weighted by molar-refractivity contribution is -0.147. The molecule has 0 heterocycles. The van der Waals surface area contributed by atoms with Crippen molar-refractivity contribution in [3.05, 3.63) is 102 Å². The molecule has 0 saturated heterocycles. The Morgan fingerprint density at radius 2 is 1.30 bits per heavy atom. The molecular formula is C39H55ClN2O5. The molecule has 2 amide bonds. The largest absolute Gasteiger partial charge is 0.478 e. The number of benzene rings is 1. The third-order valence-corrected chi connectivity index (χ3v) is 7.15. The molecule has 0 aliphatic rings. The number of hydrogen-bond donors (Lipinski definition) is 2. The second kappa shape index (κ2) is 26.3. The zero-order chi connectivity index (χ0) is 34.6. The highest BCUT2D eigenvalue weighted by Gasteiger charge is 2.33. The maximum atomic E-state index is 12.9. The van der Waals surface area contributed by atoms with Crippen molar-refractivity contribution in [3.8, 4) is 5.75 Å². The van der Waals surface area contributed by atoms with Gasteiger partial charge in [-0.05, 0) is 102 Å². The maximum Gasteiger partial charge on any atom is 0.328 e. The van der Waals surface area contributed by atoms with E-state index in [1.165, 1.54) is 7.11 Å². The maximum absolute atomic E-state index is 12.9. The van der Waals surface area contributed by atoms with E-state index in [0.717, 1.165) is 38.5 Å². The van der Waals surface area contributed by atoms with E-state index < -0.39 is 23.5 Å². The summed E-state index contributed by atoms with van der Waals surface area (Å²) in [6.07, 6.45) is 34.5. The van der Waals surface area contributed by atoms with Gasteiger partial charge >= 0.3 is 5.97 Å². The van der Waals surface area contributed by atoms with E-state index in [1.807, 2.05) is 6.08 Å². The summed E-state index contributed by atoms with van der Waals surface area (Å²) < 4.78 is 10.7. The molecule has 1 atom stereocenters. The first kappa shape index (κ1) is 41.2. The van der Waals surface area contributed by atoms with Gasteiger partial charge in [-0.3, -0.25) is 9.59 Å². The summed E-state index contributed by atoms with van der Waals surface area (Å²) in [6.45, 7) is 5.89. The highest BCUT2D eigenvalue weighted by atomic mass is 35.5. The first-order chi connectivity index (χ1) is 22.7. The lowest BCUT2D eigenvalue weighted by Crippen LogP contribution is -2.52. The molecule has 0 fully saturated rings. The number of hydrogen-bond acceptors (Lipinski definition) is 5. The lowest BCUT2D eigenvalue weighted by Gasteiger charge is -2.27. The average Bonchev–Trinajstić information content (AvgIpc) is 3.05. The summed E-state index contributed by atoms with van der Waals surface area (Å²) in [7, 11) is 1.29. The molecule has 0 aliphatic heterocycles. The van der Waals surface area contributed by atoms with Crippen molar-refractivity contribution in [2.75, 3.05) is 13.7 Å². The Morgan fingerprint density at radius 1 is 0.787 bits per heavy atom. The molecule has 7 nitrogen and oxygen atoms in total. The molecule has 0 aromatic heterocycles. The molecule has 0 saturated carbocycles. The highest BCUT2D eigenvalue weighted by molar-refractivity contribution is 6.30. The van der Waals surface area contributed by atoms with E-state index in [0.29, 0.717) is 49.4 Å². The number of methoxy groups -OCH3 is 1. The average molecular weight is 667 g/mol. The van der Waals surface area contributed by atoms with Crippen molar-refractivity contribution >= 4 is 29.4 Å². The number of esters is 1. The van der Waals surface area contributed by atoms with Gasteiger partial charge < -0.3 is 20.1 Å². The van der Waals surface area contributed by atoms with Crippen LogP contribution < -0.4 is 15.4 Å². The molecule has 2 N–H and O–H groups in total. The van der Waals surface area contributed by atoms with E-state index in [1.54, 1.807) is 38.1 Å². The molecule has 8 heteroatoms. The van der Waals surface area contributed by atoms with Gasteiger partial charge in [0.05, 0.1) is 7.11 Å². The molecule has 1 aromatic rings. The Morgan fingerprint density at radius 3 is 1.81 bits per heavy atom. The number of halogens is 1. The molecule has 0 bridgehead atoms. The van der Waals surface area contributed by atoms with Crippen LogP contribution in [0, 0.1) is 0 Å². The van der Waals surface area contributed by atoms with Crippen LogP contribution >= 0.6 is 11.6 Å². The molecule has 1 aromatic carbocycles. The molecule has 0 aliphatic carbocycles. The highest BCUT2D eigenvalue weighted by Crippen LogP contribution is 2.21. The zero-order valence-electron chi connectivity index (χ0n) is 28.7. The number of nitrogens with one attached hydrogen (secondary N) is 2. The van der Waals surface area contributed by atoms with Crippen molar-refractivity contribution in [2.45, 2.75) is 103 Å². The van der Waals surface area contributed by atoms with E-state index in [9.17, 15) is 14.4 Å². The van der Waals surface area contributed by atoms with Gasteiger partial charge in [0.25, 0.3) is 5.91 Å². The fourth-order valence-corrected chi connectivity index (χ4v) is 4.34. The van der Waals surface area contributed by atoms with Crippen molar-refractivity contribution in [1.82, 2.24) is 10.6 Å². The van der Waals surface area contributed by atoms with Gasteiger partial charge in [0.1, 0.15) is 11.8 Å². The Labute approximate surface area is 287 Å². The minimum absolute atomic E-state index is 0.0107. The standard InChI is InChI=1S/C39H55ClN2O5/c1-5-6-7-8-9-10-11-12-13-14-15-16-17-18-19-20-21-22-23-27-36(43)41-32-25-24-26-35(37(44)46-4)42-38(45)39(2,3)47-34-30-28-33(40)29-31-34/h6-7,9-10,12-13,15-16,18-19,21-22,28-31,35H,5,8,11,14,17,20,23-27,32H2,1-4H3,(H,41,43)(H,42,45)/b7-6-,10-9-,13-12-,16-15-,19-18-,22-21-. The van der Waals surface area contributed by atoms with Gasteiger partial charge in [-0.25, -0.2) is 4.79 Å². The van der Waals surface area contributed by atoms with Gasteiger partial charge in [0.2, 0.25) is 5.91 Å². The zero-order valence-corrected chi connectivity index (χ0v) is 29.5. The second-order valence-corrected chi connectivity index (χ2v) is 11.9. The second-order valence-electron chi connectivity index (χ2n) is 11.4. The van der Waals surface area contributed by atoms with Gasteiger partial charge in [-0.15, -0.1) is 0 Å². The number of amides is 2. The Hall–Kier alpha value is -3.84. The van der Waals surface area contributed by atoms with Crippen molar-refractivity contribution < 1.29 is 23.9 Å². The predicted molar refractivity (Wildman–Crippen MR) is 194 cm³/mol. The minimum atomic E-state index is -1.22. The lowest BCUT2D eigenvalue weighted by atomic mass is 10.1. The van der Waals surface area contributed by atoms with Crippen LogP contribution in [0.25, 0.3) is 0 Å². The van der Waals surface area contributed by atoms with Gasteiger partial charge in [-0.1, -0.05) is 91.4 Å². The molecule has 47 heavy (non-hydrogen) atoms. The summed E-state index contributed by atoms with van der Waals surface area (Å²) in [6, 6.07) is 5.88. The summed E-state index contributed by atoms with van der Waals surface area (Å²) in [5.41, 5.74) is -1.22. The molecule has 258 valence electrons. The van der Waals surface area contributed by atoms with Crippen molar-refractivity contribution in [2.24, 2.45) is 0 Å². The Balaban J connectivity index is 2.19. The predicted octanol–water partition coefficient (Wildman–Crippen LogP) is 8.92. The van der Waals surface area contributed by atoms with Gasteiger partial charge in [0, 0.05) is 18.0 Å². The quantitative estimate of drug-likeness (QED) is 0.0653. The van der Waals surface area contributed by atoms with Crippen LogP contribution in [0.1, 0.15) is 91.4 Å². The topological polar surface area (TPSA) is 93.7 Å². The Bertz CT molecular complexity index is 1210. The van der Waals surface area contributed by atoms with E-state index >= 15 is 0 Å². The number of unbranched alkanes of at least 4 members (excludes halogenated alkanes) is 1. The fourth-order valence-electron chi connectivity index (χ4n) is 4.21. The Kier molecular flexibility index (Phi) is 23.0. The van der Waals surface area contributed by atoms with E-state index in [4.69, 9.17) is 21.1 Å². The molecule has 0 radical (unpaired) electrons. The third kappa shape index (κ3) is 21.6. The minimum Gasteiger partial charge on any atom is -0.478 e. The van der Waals surface area contributed by atoms with Crippen LogP contribution in [0.15, 0.2) is 97.2 Å². The van der Waals surface area contributed by atoms with E-state index in [2.05, 4.69) is 84.4 Å². The SMILES string of the molecule is CC/C=C\C/C=C\C/C=C\C/C=C\C/C=C\C/C=C\CCC(=O)NCCCCC(NC(=O)C(C)(C)Oc1ccc(Cl)cc1)C(=O)OC. The van der Waals surface area contributed by atoms with Crippen LogP contribution in [-0.4, -0.2) is 43.1 Å². The summed E-state index contributed by atoms with van der Waals surface area (Å²) in [5.74, 6) is -0.490. The summed E-state index contributed by atoms with van der Waals surface area (Å²) in [4.78, 5) is 37.4. The number of carbonyl (C=O) groups is 3. The summed E-state index contributed by atoms with van der Waals surface area (Å²) >= 11 is 5.92. The van der Waals surface area contributed by atoms with Crippen molar-refractivity contribution in [1.29, 1.82) is 0 Å². The number of carbonyl (C=O) groups excluding carboxylic acids is 3. The normalized spacial score (nSPS) is 13.0. The van der Waals surface area contributed by atoms with Gasteiger partial charge in [-0.2, -0.15) is 0 Å². The summed E-state index contributed by atoms with van der Waals surface area (Å²) in [5, 5.41) is 6.22. The molecular weight excluding hydrogens is 612 g/mol. The van der Waals surface area contributed by atoms with Crippen LogP contribution in [-0.2, 0) is 19.1 Å². The number of allylic oxidation sites excluding steroid dienone is 12. The van der Waals surface area contributed by atoms with Crippen molar-refractivity contribution in [3.63, 3.8) is 0 Å².